The molecule has 0 fully saturated rings. The Bertz CT molecular complexity index is 1700. The third kappa shape index (κ3) is 3.29. The molecule has 4 heterocycles. The molecule has 9 nitrogen and oxygen atoms in total. The van der Waals surface area contributed by atoms with Crippen LogP contribution in [0.4, 0.5) is 0 Å². The number of nitrogens with zero attached hydrogens (tertiary/aromatic N) is 6. The van der Waals surface area contributed by atoms with Crippen molar-refractivity contribution in [2.45, 2.75) is 19.3 Å². The quantitative estimate of drug-likeness (QED) is 0.433. The summed E-state index contributed by atoms with van der Waals surface area (Å²) in [7, 11) is 1.82. The van der Waals surface area contributed by atoms with Gasteiger partial charge in [-0.2, -0.15) is 10.4 Å². The Hall–Kier alpha value is -4.58. The van der Waals surface area contributed by atoms with Crippen LogP contribution in [0.3, 0.4) is 0 Å². The third-order valence-electron chi connectivity index (χ3n) is 5.71. The lowest BCUT2D eigenvalue weighted by Gasteiger charge is -2.17. The minimum Gasteiger partial charge on any atom is -0.275 e. The molecule has 4 aromatic heterocycles. The maximum atomic E-state index is 13.0. The normalized spacial score (nSPS) is 11.7. The average molecular weight is 437 g/mol. The molecule has 5 aromatic rings. The zero-order valence-corrected chi connectivity index (χ0v) is 18.2. The summed E-state index contributed by atoms with van der Waals surface area (Å²) in [6, 6.07) is 13.0. The van der Waals surface area contributed by atoms with Crippen LogP contribution in [0.5, 0.6) is 0 Å². The van der Waals surface area contributed by atoms with Crippen LogP contribution in [0.2, 0.25) is 0 Å². The van der Waals surface area contributed by atoms with Crippen molar-refractivity contribution in [3.8, 4) is 23.0 Å². The van der Waals surface area contributed by atoms with Gasteiger partial charge in [-0.25, -0.2) is 9.78 Å². The molecule has 33 heavy (non-hydrogen) atoms. The minimum atomic E-state index is -0.673. The zero-order chi connectivity index (χ0) is 23.3. The SMILES string of the molecule is Cn1cc(-c2ccc3ncc4c(=O)[nH]c(=O)n(-c5ccc(C(C)(C)C#N)cc5)c4c3n2)cn1. The number of aromatic amines is 1. The van der Waals surface area contributed by atoms with Crippen LogP contribution in [-0.2, 0) is 12.5 Å². The number of nitrogens with one attached hydrogen (secondary N) is 1. The van der Waals surface area contributed by atoms with Crippen molar-refractivity contribution in [2.24, 2.45) is 7.05 Å². The highest BCUT2D eigenvalue weighted by Gasteiger charge is 2.20. The largest absolute Gasteiger partial charge is 0.333 e. The lowest BCUT2D eigenvalue weighted by atomic mass is 9.86. The van der Waals surface area contributed by atoms with E-state index in [0.717, 1.165) is 11.1 Å². The highest BCUT2D eigenvalue weighted by molar-refractivity contribution is 6.01. The van der Waals surface area contributed by atoms with Gasteiger partial charge in [0.15, 0.2) is 0 Å². The molecule has 1 N–H and O–H groups in total. The van der Waals surface area contributed by atoms with Gasteiger partial charge in [0.05, 0.1) is 45.5 Å². The van der Waals surface area contributed by atoms with E-state index in [0.29, 0.717) is 27.9 Å². The van der Waals surface area contributed by atoms with Crippen LogP contribution < -0.4 is 11.2 Å². The molecule has 0 unspecified atom stereocenters. The summed E-state index contributed by atoms with van der Waals surface area (Å²) in [5, 5.41) is 13.9. The fraction of sp³-hybridized carbons (Fsp3) is 0.167. The van der Waals surface area contributed by atoms with Crippen molar-refractivity contribution in [1.82, 2.24) is 29.3 Å². The van der Waals surface area contributed by atoms with Gasteiger partial charge in [0.25, 0.3) is 5.56 Å². The topological polar surface area (TPSA) is 122 Å². The maximum absolute atomic E-state index is 13.0. The lowest BCUT2D eigenvalue weighted by Crippen LogP contribution is -2.29. The minimum absolute atomic E-state index is 0.249. The van der Waals surface area contributed by atoms with E-state index in [4.69, 9.17) is 4.98 Å². The van der Waals surface area contributed by atoms with Crippen molar-refractivity contribution in [2.75, 3.05) is 0 Å². The first-order valence-electron chi connectivity index (χ1n) is 10.2. The fourth-order valence-corrected chi connectivity index (χ4v) is 3.82. The summed E-state index contributed by atoms with van der Waals surface area (Å²) in [5.41, 5.74) is 2.37. The van der Waals surface area contributed by atoms with Crippen LogP contribution >= 0.6 is 0 Å². The Morgan fingerprint density at radius 3 is 2.48 bits per heavy atom. The first-order chi connectivity index (χ1) is 15.8. The molecule has 0 aliphatic heterocycles. The summed E-state index contributed by atoms with van der Waals surface area (Å²) >= 11 is 0. The van der Waals surface area contributed by atoms with Crippen LogP contribution in [0.1, 0.15) is 19.4 Å². The number of fused-ring (bicyclic) bond motifs is 3. The van der Waals surface area contributed by atoms with Crippen LogP contribution in [0.25, 0.3) is 38.9 Å². The first-order valence-corrected chi connectivity index (χ1v) is 10.2. The van der Waals surface area contributed by atoms with Gasteiger partial charge in [0.1, 0.15) is 5.52 Å². The molecule has 0 aliphatic carbocycles. The Morgan fingerprint density at radius 2 is 1.82 bits per heavy atom. The van der Waals surface area contributed by atoms with E-state index in [9.17, 15) is 14.9 Å². The number of H-pyrrole nitrogens is 1. The van der Waals surface area contributed by atoms with Gasteiger partial charge in [-0.1, -0.05) is 12.1 Å². The smallest absolute Gasteiger partial charge is 0.275 e. The highest BCUT2D eigenvalue weighted by Crippen LogP contribution is 2.27. The summed E-state index contributed by atoms with van der Waals surface area (Å²) in [6.07, 6.45) is 4.98. The number of aromatic nitrogens is 6. The van der Waals surface area contributed by atoms with E-state index >= 15 is 0 Å². The van der Waals surface area contributed by atoms with Crippen molar-refractivity contribution >= 4 is 21.9 Å². The van der Waals surface area contributed by atoms with E-state index in [1.165, 1.54) is 10.8 Å². The standard InChI is InChI=1S/C24H19N7O2/c1-24(2,13-25)15-4-6-16(7-5-15)31-21-17(22(32)29-23(31)33)11-26-19-9-8-18(28-20(19)21)14-10-27-30(3)12-14/h4-12H,1-3H3,(H,29,32,33). The number of nitriles is 1. The van der Waals surface area contributed by atoms with Crippen molar-refractivity contribution in [3.05, 3.63) is 81.4 Å². The summed E-state index contributed by atoms with van der Waals surface area (Å²) in [4.78, 5) is 37.1. The summed E-state index contributed by atoms with van der Waals surface area (Å²) < 4.78 is 3.09. The van der Waals surface area contributed by atoms with E-state index in [2.05, 4.69) is 21.1 Å². The first kappa shape index (κ1) is 20.3. The van der Waals surface area contributed by atoms with E-state index in [-0.39, 0.29) is 5.39 Å². The molecule has 0 saturated heterocycles. The summed E-state index contributed by atoms with van der Waals surface area (Å²) in [6.45, 7) is 3.65. The number of benzene rings is 1. The van der Waals surface area contributed by atoms with E-state index in [1.807, 2.05) is 33.2 Å². The van der Waals surface area contributed by atoms with Crippen molar-refractivity contribution in [3.63, 3.8) is 0 Å². The molecule has 5 rings (SSSR count). The molecule has 1 aromatic carbocycles. The average Bonchev–Trinajstić information content (AvgIpc) is 3.25. The molecule has 162 valence electrons. The molecule has 0 radical (unpaired) electrons. The van der Waals surface area contributed by atoms with E-state index < -0.39 is 16.7 Å². The molecule has 0 amide bonds. The Kier molecular flexibility index (Phi) is 4.46. The van der Waals surface area contributed by atoms with Crippen molar-refractivity contribution < 1.29 is 0 Å². The fourth-order valence-electron chi connectivity index (χ4n) is 3.82. The molecule has 0 atom stereocenters. The molecular formula is C24H19N7O2. The number of hydrogen-bond donors (Lipinski definition) is 1. The van der Waals surface area contributed by atoms with Crippen LogP contribution in [-0.4, -0.2) is 29.3 Å². The van der Waals surface area contributed by atoms with E-state index in [1.54, 1.807) is 41.2 Å². The Labute approximate surface area is 187 Å². The number of rotatable bonds is 3. The maximum Gasteiger partial charge on any atom is 0.333 e. The highest BCUT2D eigenvalue weighted by atomic mass is 16.2. The number of aryl methyl sites for hydroxylation is 1. The summed E-state index contributed by atoms with van der Waals surface area (Å²) in [5.74, 6) is 0. The van der Waals surface area contributed by atoms with Gasteiger partial charge in [-0.15, -0.1) is 0 Å². The molecule has 9 heteroatoms. The molecule has 0 bridgehead atoms. The molecule has 0 aliphatic rings. The monoisotopic (exact) mass is 437 g/mol. The lowest BCUT2D eigenvalue weighted by molar-refractivity contribution is 0.686. The second-order valence-electron chi connectivity index (χ2n) is 8.37. The predicted octanol–water partition coefficient (Wildman–Crippen LogP) is 2.82. The molecular weight excluding hydrogens is 418 g/mol. The van der Waals surface area contributed by atoms with Gasteiger partial charge in [0, 0.05) is 25.0 Å². The van der Waals surface area contributed by atoms with Gasteiger partial charge in [0.2, 0.25) is 0 Å². The van der Waals surface area contributed by atoms with Gasteiger partial charge < -0.3 is 0 Å². The number of hydrogen-bond acceptors (Lipinski definition) is 6. The van der Waals surface area contributed by atoms with Crippen LogP contribution in [0, 0.1) is 11.3 Å². The number of pyridine rings is 2. The van der Waals surface area contributed by atoms with Gasteiger partial charge in [-0.05, 0) is 43.7 Å². The Morgan fingerprint density at radius 1 is 1.06 bits per heavy atom. The van der Waals surface area contributed by atoms with Gasteiger partial charge >= 0.3 is 5.69 Å². The van der Waals surface area contributed by atoms with Crippen molar-refractivity contribution in [1.29, 1.82) is 5.26 Å². The molecule has 0 saturated carbocycles. The second kappa shape index (κ2) is 7.24. The van der Waals surface area contributed by atoms with Crippen LogP contribution in [0.15, 0.2) is 64.6 Å². The zero-order valence-electron chi connectivity index (χ0n) is 18.2. The Balaban J connectivity index is 1.83. The third-order valence-corrected chi connectivity index (χ3v) is 5.71. The predicted molar refractivity (Wildman–Crippen MR) is 124 cm³/mol. The molecule has 0 spiro atoms. The second-order valence-corrected chi connectivity index (χ2v) is 8.37. The van der Waals surface area contributed by atoms with Gasteiger partial charge in [-0.3, -0.25) is 24.0 Å².